The smallest absolute Gasteiger partial charge is 0.273 e. The summed E-state index contributed by atoms with van der Waals surface area (Å²) in [5.41, 5.74) is 3.25. The van der Waals surface area contributed by atoms with Crippen LogP contribution in [0.5, 0.6) is 11.5 Å². The van der Waals surface area contributed by atoms with Crippen LogP contribution >= 0.6 is 11.6 Å². The molecule has 0 bridgehead atoms. The molecule has 4 rings (SSSR count). The van der Waals surface area contributed by atoms with Crippen LogP contribution in [-0.2, 0) is 18.3 Å². The molecule has 0 atom stereocenters. The van der Waals surface area contributed by atoms with Crippen LogP contribution in [-0.4, -0.2) is 20.7 Å². The number of pyridine rings is 1. The molecule has 2 heterocycles. The molecule has 2 aromatic heterocycles. The lowest BCUT2D eigenvalue weighted by atomic mass is 10.0. The van der Waals surface area contributed by atoms with E-state index in [-0.39, 0.29) is 17.9 Å². The minimum absolute atomic E-state index is 0.118. The van der Waals surface area contributed by atoms with Gasteiger partial charge in [-0.3, -0.25) is 19.4 Å². The maximum absolute atomic E-state index is 12.7. The second-order valence-corrected chi connectivity index (χ2v) is 7.69. The summed E-state index contributed by atoms with van der Waals surface area (Å²) in [6.45, 7) is 3.68. The first kappa shape index (κ1) is 20.7. The predicted molar refractivity (Wildman–Crippen MR) is 121 cm³/mol. The van der Waals surface area contributed by atoms with Crippen LogP contribution < -0.4 is 15.6 Å². The third kappa shape index (κ3) is 4.18. The van der Waals surface area contributed by atoms with Gasteiger partial charge in [0.15, 0.2) is 5.65 Å². The number of halogens is 1. The van der Waals surface area contributed by atoms with E-state index in [1.54, 1.807) is 48.1 Å². The molecule has 0 unspecified atom stereocenters. The molecule has 1 amide bonds. The summed E-state index contributed by atoms with van der Waals surface area (Å²) in [7, 11) is 1.74. The molecule has 0 aliphatic carbocycles. The lowest BCUT2D eigenvalue weighted by molar-refractivity contribution is -0.115. The maximum Gasteiger partial charge on any atom is 0.273 e. The minimum Gasteiger partial charge on any atom is -0.456 e. The van der Waals surface area contributed by atoms with Gasteiger partial charge in [0.05, 0.1) is 16.8 Å². The van der Waals surface area contributed by atoms with Crippen molar-refractivity contribution in [3.63, 3.8) is 0 Å². The number of rotatable bonds is 5. The number of H-pyrrole nitrogens is 1. The Kier molecular flexibility index (Phi) is 5.52. The van der Waals surface area contributed by atoms with E-state index in [1.807, 2.05) is 26.0 Å². The van der Waals surface area contributed by atoms with Crippen molar-refractivity contribution in [2.24, 2.45) is 7.05 Å². The Hall–Kier alpha value is -3.58. The quantitative estimate of drug-likeness (QED) is 0.482. The number of aromatic amines is 1. The summed E-state index contributed by atoms with van der Waals surface area (Å²) in [5, 5.41) is 6.62. The van der Waals surface area contributed by atoms with Crippen molar-refractivity contribution in [3.8, 4) is 11.5 Å². The van der Waals surface area contributed by atoms with Crippen LogP contribution in [0, 0.1) is 13.8 Å². The summed E-state index contributed by atoms with van der Waals surface area (Å²) in [5.74, 6) is 0.973. The molecule has 4 aromatic rings. The number of nitrogens with zero attached hydrogens (tertiary/aromatic N) is 2. The highest BCUT2D eigenvalue weighted by molar-refractivity contribution is 6.32. The number of aromatic nitrogens is 3. The van der Waals surface area contributed by atoms with E-state index in [0.29, 0.717) is 33.2 Å². The number of para-hydroxylation sites is 1. The summed E-state index contributed by atoms with van der Waals surface area (Å²) in [6.07, 6.45) is 0.118. The van der Waals surface area contributed by atoms with Gasteiger partial charge in [0.2, 0.25) is 5.91 Å². The zero-order valence-electron chi connectivity index (χ0n) is 17.3. The molecule has 0 aliphatic heterocycles. The Morgan fingerprint density at radius 2 is 1.87 bits per heavy atom. The van der Waals surface area contributed by atoms with Gasteiger partial charge in [0.25, 0.3) is 5.56 Å². The Balaban J connectivity index is 1.49. The van der Waals surface area contributed by atoms with Gasteiger partial charge >= 0.3 is 0 Å². The largest absolute Gasteiger partial charge is 0.456 e. The Labute approximate surface area is 183 Å². The summed E-state index contributed by atoms with van der Waals surface area (Å²) in [4.78, 5) is 29.4. The topological polar surface area (TPSA) is 89.0 Å². The number of carbonyl (C=O) groups is 1. The Morgan fingerprint density at radius 3 is 2.58 bits per heavy atom. The van der Waals surface area contributed by atoms with Gasteiger partial charge < -0.3 is 10.1 Å². The predicted octanol–water partition coefficient (Wildman–Crippen LogP) is 4.51. The van der Waals surface area contributed by atoms with Crippen LogP contribution in [0.2, 0.25) is 5.02 Å². The molecule has 0 radical (unpaired) electrons. The van der Waals surface area contributed by atoms with E-state index >= 15 is 0 Å². The lowest BCUT2D eigenvalue weighted by Crippen LogP contribution is -2.17. The summed E-state index contributed by atoms with van der Waals surface area (Å²) < 4.78 is 7.35. The van der Waals surface area contributed by atoms with Crippen LogP contribution in [0.15, 0.2) is 53.3 Å². The number of fused-ring (bicyclic) bond motifs is 1. The molecule has 158 valence electrons. The zero-order chi connectivity index (χ0) is 22.1. The van der Waals surface area contributed by atoms with Crippen LogP contribution in [0.3, 0.4) is 0 Å². The number of hydrogen-bond acceptors (Lipinski definition) is 4. The average molecular weight is 437 g/mol. The van der Waals surface area contributed by atoms with Gasteiger partial charge in [0.1, 0.15) is 11.5 Å². The SMILES string of the molecule is Cc1nc2c(c(C)c1CC(=O)Nc1ccc(Oc3ccccc3Cl)cc1)c(=O)[nH]n2C. The molecule has 0 fully saturated rings. The molecule has 2 aromatic carbocycles. The van der Waals surface area contributed by atoms with E-state index in [1.165, 1.54) is 0 Å². The van der Waals surface area contributed by atoms with E-state index in [4.69, 9.17) is 16.3 Å². The van der Waals surface area contributed by atoms with Crippen LogP contribution in [0.25, 0.3) is 11.0 Å². The van der Waals surface area contributed by atoms with Gasteiger partial charge in [-0.1, -0.05) is 23.7 Å². The molecule has 0 aliphatic rings. The molecule has 0 spiro atoms. The van der Waals surface area contributed by atoms with Gasteiger partial charge in [-0.15, -0.1) is 0 Å². The number of anilines is 1. The van der Waals surface area contributed by atoms with E-state index in [0.717, 1.165) is 16.8 Å². The highest BCUT2D eigenvalue weighted by atomic mass is 35.5. The fourth-order valence-corrected chi connectivity index (χ4v) is 3.71. The van der Waals surface area contributed by atoms with Gasteiger partial charge in [-0.05, 0) is 61.4 Å². The number of hydrogen-bond donors (Lipinski definition) is 2. The maximum atomic E-state index is 12.7. The summed E-state index contributed by atoms with van der Waals surface area (Å²) in [6, 6.07) is 14.2. The molecule has 8 heteroatoms. The number of amides is 1. The zero-order valence-corrected chi connectivity index (χ0v) is 18.1. The highest BCUT2D eigenvalue weighted by Crippen LogP contribution is 2.29. The molecule has 0 saturated heterocycles. The standard InChI is InChI=1S/C23H21ClN4O3/c1-13-17(14(2)25-22-21(13)23(30)27-28(22)3)12-20(29)26-15-8-10-16(11-9-15)31-19-7-5-4-6-18(19)24/h4-11H,12H2,1-3H3,(H,26,29)(H,27,30). The number of carbonyl (C=O) groups excluding carboxylic acids is 1. The second kappa shape index (κ2) is 8.28. The molecular formula is C23H21ClN4O3. The average Bonchev–Trinajstić information content (AvgIpc) is 3.01. The van der Waals surface area contributed by atoms with Crippen molar-refractivity contribution < 1.29 is 9.53 Å². The molecule has 7 nitrogen and oxygen atoms in total. The fourth-order valence-electron chi connectivity index (χ4n) is 3.53. The van der Waals surface area contributed by atoms with Gasteiger partial charge in [-0.2, -0.15) is 0 Å². The van der Waals surface area contributed by atoms with Crippen molar-refractivity contribution >= 4 is 34.2 Å². The van der Waals surface area contributed by atoms with Crippen molar-refractivity contribution in [1.82, 2.24) is 14.8 Å². The van der Waals surface area contributed by atoms with E-state index in [9.17, 15) is 9.59 Å². The first-order valence-electron chi connectivity index (χ1n) is 9.70. The van der Waals surface area contributed by atoms with Crippen molar-refractivity contribution in [2.45, 2.75) is 20.3 Å². The van der Waals surface area contributed by atoms with Gasteiger partial charge in [-0.25, -0.2) is 4.98 Å². The van der Waals surface area contributed by atoms with Gasteiger partial charge in [0, 0.05) is 18.4 Å². The number of aryl methyl sites for hydroxylation is 3. The monoisotopic (exact) mass is 436 g/mol. The molecular weight excluding hydrogens is 416 g/mol. The third-order valence-electron chi connectivity index (χ3n) is 5.12. The third-order valence-corrected chi connectivity index (χ3v) is 5.43. The normalized spacial score (nSPS) is 11.0. The van der Waals surface area contributed by atoms with Crippen molar-refractivity contribution in [3.05, 3.63) is 80.7 Å². The first-order valence-corrected chi connectivity index (χ1v) is 10.1. The van der Waals surface area contributed by atoms with Crippen molar-refractivity contribution in [1.29, 1.82) is 0 Å². The van der Waals surface area contributed by atoms with Crippen LogP contribution in [0.1, 0.15) is 16.8 Å². The molecule has 31 heavy (non-hydrogen) atoms. The summed E-state index contributed by atoms with van der Waals surface area (Å²) >= 11 is 6.11. The lowest BCUT2D eigenvalue weighted by Gasteiger charge is -2.12. The van der Waals surface area contributed by atoms with E-state index in [2.05, 4.69) is 15.4 Å². The molecule has 2 N–H and O–H groups in total. The minimum atomic E-state index is -0.210. The number of nitrogens with one attached hydrogen (secondary N) is 2. The number of ether oxygens (including phenoxy) is 1. The Morgan fingerprint density at radius 1 is 1.16 bits per heavy atom. The Bertz CT molecular complexity index is 1340. The molecule has 0 saturated carbocycles. The van der Waals surface area contributed by atoms with E-state index < -0.39 is 0 Å². The van der Waals surface area contributed by atoms with Crippen molar-refractivity contribution in [2.75, 3.05) is 5.32 Å². The fraction of sp³-hybridized carbons (Fsp3) is 0.174. The van der Waals surface area contributed by atoms with Crippen LogP contribution in [0.4, 0.5) is 5.69 Å². The second-order valence-electron chi connectivity index (χ2n) is 7.28. The number of benzene rings is 2. The highest BCUT2D eigenvalue weighted by Gasteiger charge is 2.17. The first-order chi connectivity index (χ1) is 14.8.